The van der Waals surface area contributed by atoms with Crippen LogP contribution in [0.2, 0.25) is 0 Å². The molecule has 0 saturated carbocycles. The topological polar surface area (TPSA) is 93.3 Å². The predicted molar refractivity (Wildman–Crippen MR) is 121 cm³/mol. The quantitative estimate of drug-likeness (QED) is 0.292. The van der Waals surface area contributed by atoms with Crippen LogP contribution in [0.15, 0.2) is 27.8 Å². The number of aliphatic hydroxyl groups is 1. The van der Waals surface area contributed by atoms with Gasteiger partial charge in [0, 0.05) is 38.8 Å². The van der Waals surface area contributed by atoms with Crippen molar-refractivity contribution in [1.29, 1.82) is 0 Å². The third-order valence-electron chi connectivity index (χ3n) is 4.41. The summed E-state index contributed by atoms with van der Waals surface area (Å²) in [6.07, 6.45) is 1.55. The molecule has 2 heterocycles. The number of nitrogens with one attached hydrogen (secondary N) is 2. The van der Waals surface area contributed by atoms with Gasteiger partial charge >= 0.3 is 0 Å². The van der Waals surface area contributed by atoms with E-state index in [2.05, 4.69) is 25.4 Å². The van der Waals surface area contributed by atoms with E-state index in [0.717, 1.165) is 38.7 Å². The Hall–Kier alpha value is -1.33. The molecule has 0 aliphatic carbocycles. The average Bonchev–Trinajstić information content (AvgIpc) is 3.14. The van der Waals surface area contributed by atoms with Crippen LogP contribution < -0.4 is 10.6 Å². The van der Waals surface area contributed by atoms with E-state index < -0.39 is 5.60 Å². The number of furan rings is 1. The molecular weight excluding hydrogens is 473 g/mol. The van der Waals surface area contributed by atoms with Gasteiger partial charge in [0.2, 0.25) is 5.91 Å². The number of halogens is 1. The Morgan fingerprint density at radius 1 is 1.36 bits per heavy atom. The van der Waals surface area contributed by atoms with Gasteiger partial charge in [-0.05, 0) is 39.8 Å². The molecule has 1 saturated heterocycles. The first-order valence-corrected chi connectivity index (χ1v) is 9.63. The van der Waals surface area contributed by atoms with Gasteiger partial charge in [0.1, 0.15) is 11.4 Å². The molecule has 28 heavy (non-hydrogen) atoms. The lowest BCUT2D eigenvalue weighted by molar-refractivity contribution is -0.123. The Balaban J connectivity index is 0.00000392. The van der Waals surface area contributed by atoms with Gasteiger partial charge in [-0.2, -0.15) is 0 Å². The number of guanidine groups is 1. The molecule has 3 N–H and O–H groups in total. The van der Waals surface area contributed by atoms with E-state index in [1.807, 2.05) is 20.8 Å². The third-order valence-corrected chi connectivity index (χ3v) is 4.41. The normalized spacial score (nSPS) is 17.8. The highest BCUT2D eigenvalue weighted by Gasteiger charge is 2.27. The van der Waals surface area contributed by atoms with Gasteiger partial charge in [-0.25, -0.2) is 4.99 Å². The number of piperazine rings is 1. The van der Waals surface area contributed by atoms with Crippen LogP contribution in [-0.4, -0.2) is 78.6 Å². The van der Waals surface area contributed by atoms with Crippen molar-refractivity contribution in [2.24, 2.45) is 4.99 Å². The average molecular weight is 507 g/mol. The molecule has 1 aliphatic rings. The number of carbonyl (C=O) groups is 1. The summed E-state index contributed by atoms with van der Waals surface area (Å²) in [5.41, 5.74) is -1.15. The van der Waals surface area contributed by atoms with Crippen molar-refractivity contribution >= 4 is 35.8 Å². The second-order valence-electron chi connectivity index (χ2n) is 7.41. The first-order chi connectivity index (χ1) is 12.8. The molecule has 0 aromatic carbocycles. The maximum absolute atomic E-state index is 11.9. The van der Waals surface area contributed by atoms with Crippen LogP contribution in [0.3, 0.4) is 0 Å². The fourth-order valence-electron chi connectivity index (χ4n) is 3.01. The number of hydrogen-bond donors (Lipinski definition) is 3. The second-order valence-corrected chi connectivity index (χ2v) is 7.41. The smallest absolute Gasteiger partial charge is 0.234 e. The van der Waals surface area contributed by atoms with E-state index in [4.69, 9.17) is 4.42 Å². The van der Waals surface area contributed by atoms with Gasteiger partial charge in [-0.15, -0.1) is 24.0 Å². The molecule has 160 valence electrons. The first-order valence-electron chi connectivity index (χ1n) is 9.63. The molecule has 9 heteroatoms. The molecule has 1 aliphatic heterocycles. The number of hydrogen-bond acceptors (Lipinski definition) is 5. The highest BCUT2D eigenvalue weighted by Crippen LogP contribution is 2.21. The summed E-state index contributed by atoms with van der Waals surface area (Å²) < 4.78 is 5.32. The van der Waals surface area contributed by atoms with E-state index in [1.54, 1.807) is 25.3 Å². The third kappa shape index (κ3) is 7.59. The van der Waals surface area contributed by atoms with Crippen LogP contribution in [0.4, 0.5) is 0 Å². The number of amides is 1. The van der Waals surface area contributed by atoms with Gasteiger partial charge < -0.3 is 25.1 Å². The second kappa shape index (κ2) is 11.6. The van der Waals surface area contributed by atoms with E-state index in [0.29, 0.717) is 12.3 Å². The van der Waals surface area contributed by atoms with E-state index in [1.165, 1.54) is 0 Å². The summed E-state index contributed by atoms with van der Waals surface area (Å²) in [5, 5.41) is 16.8. The largest absolute Gasteiger partial charge is 0.466 e. The van der Waals surface area contributed by atoms with Gasteiger partial charge in [-0.1, -0.05) is 0 Å². The van der Waals surface area contributed by atoms with Crippen molar-refractivity contribution in [3.05, 3.63) is 24.2 Å². The summed E-state index contributed by atoms with van der Waals surface area (Å²) in [6.45, 7) is 12.2. The fourth-order valence-corrected chi connectivity index (χ4v) is 3.01. The minimum Gasteiger partial charge on any atom is -0.466 e. The molecule has 1 fully saturated rings. The lowest BCUT2D eigenvalue weighted by Crippen LogP contribution is -2.54. The van der Waals surface area contributed by atoms with Crippen molar-refractivity contribution in [1.82, 2.24) is 20.4 Å². The summed E-state index contributed by atoms with van der Waals surface area (Å²) >= 11 is 0. The molecule has 0 bridgehead atoms. The van der Waals surface area contributed by atoms with Crippen LogP contribution in [-0.2, 0) is 10.4 Å². The molecule has 0 radical (unpaired) electrons. The molecule has 1 unspecified atom stereocenters. The van der Waals surface area contributed by atoms with Crippen LogP contribution in [0, 0.1) is 0 Å². The van der Waals surface area contributed by atoms with Gasteiger partial charge in [0.05, 0.1) is 19.4 Å². The Bertz CT molecular complexity index is 611. The Kier molecular flexibility index (Phi) is 10.3. The summed E-state index contributed by atoms with van der Waals surface area (Å²) in [4.78, 5) is 20.9. The summed E-state index contributed by atoms with van der Waals surface area (Å²) in [7, 11) is 0. The molecule has 0 spiro atoms. The van der Waals surface area contributed by atoms with Crippen LogP contribution in [0.5, 0.6) is 0 Å². The molecular formula is C19H34IN5O3. The highest BCUT2D eigenvalue weighted by molar-refractivity contribution is 14.0. The fraction of sp³-hybridized carbons (Fsp3) is 0.684. The number of aliphatic imine (C=N–C) groups is 1. The van der Waals surface area contributed by atoms with Crippen molar-refractivity contribution in [3.8, 4) is 0 Å². The van der Waals surface area contributed by atoms with Crippen molar-refractivity contribution < 1.29 is 14.3 Å². The van der Waals surface area contributed by atoms with Crippen LogP contribution in [0.25, 0.3) is 0 Å². The van der Waals surface area contributed by atoms with E-state index >= 15 is 0 Å². The molecule has 1 atom stereocenters. The zero-order chi connectivity index (χ0) is 19.9. The predicted octanol–water partition coefficient (Wildman–Crippen LogP) is 1.21. The zero-order valence-corrected chi connectivity index (χ0v) is 19.6. The maximum atomic E-state index is 11.9. The Labute approximate surface area is 184 Å². The Morgan fingerprint density at radius 2 is 2.04 bits per heavy atom. The number of carbonyl (C=O) groups excluding carboxylic acids is 1. The number of rotatable bonds is 7. The van der Waals surface area contributed by atoms with Crippen molar-refractivity contribution in [2.45, 2.75) is 39.3 Å². The molecule has 2 rings (SSSR count). The lowest BCUT2D eigenvalue weighted by Gasteiger charge is -2.36. The highest BCUT2D eigenvalue weighted by atomic mass is 127. The monoisotopic (exact) mass is 507 g/mol. The van der Waals surface area contributed by atoms with Gasteiger partial charge in [0.25, 0.3) is 0 Å². The lowest BCUT2D eigenvalue weighted by atomic mass is 10.0. The zero-order valence-electron chi connectivity index (χ0n) is 17.3. The minimum atomic E-state index is -1.15. The van der Waals surface area contributed by atoms with Crippen LogP contribution >= 0.6 is 24.0 Å². The van der Waals surface area contributed by atoms with E-state index in [9.17, 15) is 9.90 Å². The molecule has 8 nitrogen and oxygen atoms in total. The molecule has 1 aromatic rings. The van der Waals surface area contributed by atoms with E-state index in [-0.39, 0.29) is 42.5 Å². The van der Waals surface area contributed by atoms with Gasteiger partial charge in [-0.3, -0.25) is 9.69 Å². The van der Waals surface area contributed by atoms with Gasteiger partial charge in [0.15, 0.2) is 5.96 Å². The Morgan fingerprint density at radius 3 is 2.57 bits per heavy atom. The maximum Gasteiger partial charge on any atom is 0.234 e. The summed E-state index contributed by atoms with van der Waals surface area (Å²) in [5.74, 6) is 1.34. The SMILES string of the molecule is CCNC(=NCC(C)(O)c1ccco1)N1CCN(CC(=O)NC(C)C)CC1.I. The first kappa shape index (κ1) is 24.7. The molecule has 1 amide bonds. The van der Waals surface area contributed by atoms with Crippen molar-refractivity contribution in [3.63, 3.8) is 0 Å². The standard InChI is InChI=1S/C19H33N5O3.HI/c1-5-20-18(21-14-19(4,26)16-7-6-12-27-16)24-10-8-23(9-11-24)13-17(25)22-15(2)3;/h6-7,12,15,26H,5,8-11,13-14H2,1-4H3,(H,20,21)(H,22,25);1H. The minimum absolute atomic E-state index is 0. The molecule has 1 aromatic heterocycles. The van der Waals surface area contributed by atoms with Crippen molar-refractivity contribution in [2.75, 3.05) is 45.8 Å². The summed E-state index contributed by atoms with van der Waals surface area (Å²) in [6, 6.07) is 3.67. The number of nitrogens with zero attached hydrogens (tertiary/aromatic N) is 3. The van der Waals surface area contributed by atoms with Crippen LogP contribution in [0.1, 0.15) is 33.5 Å².